The fraction of sp³-hybridized carbons (Fsp3) is 0.500. The molecule has 0 aromatic heterocycles. The van der Waals surface area contributed by atoms with Gasteiger partial charge in [-0.15, -0.1) is 0 Å². The van der Waals surface area contributed by atoms with Gasteiger partial charge in [-0.05, 0) is 37.5 Å². The summed E-state index contributed by atoms with van der Waals surface area (Å²) >= 11 is 12.0. The Bertz CT molecular complexity index is 617. The normalized spacial score (nSPS) is 24.3. The molecule has 0 saturated carbocycles. The standard InChI is InChI=1S/C16H18Cl2N2O3/c17-10-3-4-14(13(18)8-10)20-6-5-12(16(20)22)15(21)19-9-11-2-1-7-23-11/h3-4,8,11-12H,1-2,5-7,9H2,(H,19,21)/t11-,12+/m0/s1. The lowest BCUT2D eigenvalue weighted by Gasteiger charge is -2.18. The predicted molar refractivity (Wildman–Crippen MR) is 88.9 cm³/mol. The molecular formula is C16H18Cl2N2O3. The summed E-state index contributed by atoms with van der Waals surface area (Å²) in [4.78, 5) is 26.3. The lowest BCUT2D eigenvalue weighted by Crippen LogP contribution is -2.40. The first-order valence-corrected chi connectivity index (χ1v) is 8.47. The number of carbonyl (C=O) groups is 2. The Labute approximate surface area is 144 Å². The predicted octanol–water partition coefficient (Wildman–Crippen LogP) is 2.64. The number of anilines is 1. The molecule has 5 nitrogen and oxygen atoms in total. The summed E-state index contributed by atoms with van der Waals surface area (Å²) in [5, 5.41) is 3.75. The van der Waals surface area contributed by atoms with Gasteiger partial charge in [0.2, 0.25) is 11.8 Å². The lowest BCUT2D eigenvalue weighted by atomic mass is 10.1. The van der Waals surface area contributed by atoms with Gasteiger partial charge in [0, 0.05) is 24.7 Å². The molecule has 2 fully saturated rings. The summed E-state index contributed by atoms with van der Waals surface area (Å²) in [6.07, 6.45) is 2.52. The van der Waals surface area contributed by atoms with Crippen LogP contribution >= 0.6 is 23.2 Å². The number of hydrogen-bond donors (Lipinski definition) is 1. The van der Waals surface area contributed by atoms with Crippen molar-refractivity contribution in [2.45, 2.75) is 25.4 Å². The van der Waals surface area contributed by atoms with Crippen LogP contribution in [0, 0.1) is 5.92 Å². The van der Waals surface area contributed by atoms with Crippen LogP contribution < -0.4 is 10.2 Å². The number of rotatable bonds is 4. The average Bonchev–Trinajstić information content (AvgIpc) is 3.15. The van der Waals surface area contributed by atoms with Crippen LogP contribution in [0.1, 0.15) is 19.3 Å². The van der Waals surface area contributed by atoms with Crippen LogP contribution in [0.5, 0.6) is 0 Å². The van der Waals surface area contributed by atoms with Crippen molar-refractivity contribution in [3.63, 3.8) is 0 Å². The van der Waals surface area contributed by atoms with Crippen LogP contribution in [-0.4, -0.2) is 37.6 Å². The molecule has 124 valence electrons. The molecule has 7 heteroatoms. The van der Waals surface area contributed by atoms with Crippen LogP contribution in [0.2, 0.25) is 10.0 Å². The van der Waals surface area contributed by atoms with Gasteiger partial charge in [0.25, 0.3) is 0 Å². The highest BCUT2D eigenvalue weighted by Crippen LogP contribution is 2.33. The van der Waals surface area contributed by atoms with Crippen molar-refractivity contribution < 1.29 is 14.3 Å². The molecular weight excluding hydrogens is 339 g/mol. The molecule has 3 rings (SSSR count). The fourth-order valence-corrected chi connectivity index (χ4v) is 3.52. The second-order valence-corrected chi connectivity index (χ2v) is 6.65. The molecule has 2 heterocycles. The van der Waals surface area contributed by atoms with Gasteiger partial charge < -0.3 is 15.0 Å². The van der Waals surface area contributed by atoms with Gasteiger partial charge in [0.15, 0.2) is 0 Å². The summed E-state index contributed by atoms with van der Waals surface area (Å²) in [5.41, 5.74) is 0.593. The highest BCUT2D eigenvalue weighted by molar-refractivity contribution is 6.37. The number of benzene rings is 1. The van der Waals surface area contributed by atoms with Crippen molar-refractivity contribution in [3.8, 4) is 0 Å². The van der Waals surface area contributed by atoms with Crippen LogP contribution in [0.15, 0.2) is 18.2 Å². The quantitative estimate of drug-likeness (QED) is 0.843. The van der Waals surface area contributed by atoms with E-state index in [4.69, 9.17) is 27.9 Å². The van der Waals surface area contributed by atoms with Crippen molar-refractivity contribution in [2.24, 2.45) is 5.92 Å². The molecule has 2 atom stereocenters. The number of ether oxygens (including phenoxy) is 1. The van der Waals surface area contributed by atoms with Crippen LogP contribution in [0.25, 0.3) is 0 Å². The third-order valence-corrected chi connectivity index (χ3v) is 4.79. The van der Waals surface area contributed by atoms with Crippen LogP contribution in [0.4, 0.5) is 5.69 Å². The number of nitrogens with one attached hydrogen (secondary N) is 1. The zero-order chi connectivity index (χ0) is 16.4. The van der Waals surface area contributed by atoms with E-state index in [1.54, 1.807) is 23.1 Å². The summed E-state index contributed by atoms with van der Waals surface area (Å²) in [7, 11) is 0. The largest absolute Gasteiger partial charge is 0.376 e. The minimum atomic E-state index is -0.664. The van der Waals surface area contributed by atoms with Gasteiger partial charge in [-0.3, -0.25) is 9.59 Å². The molecule has 0 radical (unpaired) electrons. The topological polar surface area (TPSA) is 58.6 Å². The van der Waals surface area contributed by atoms with Crippen molar-refractivity contribution in [3.05, 3.63) is 28.2 Å². The SMILES string of the molecule is O=C(NC[C@@H]1CCCO1)[C@H]1CCN(c2ccc(Cl)cc2Cl)C1=O. The van der Waals surface area contributed by atoms with Gasteiger partial charge in [-0.2, -0.15) is 0 Å². The van der Waals surface area contributed by atoms with E-state index in [9.17, 15) is 9.59 Å². The molecule has 2 aliphatic rings. The highest BCUT2D eigenvalue weighted by atomic mass is 35.5. The van der Waals surface area contributed by atoms with Crippen molar-refractivity contribution in [2.75, 3.05) is 24.6 Å². The summed E-state index contributed by atoms with van der Waals surface area (Å²) < 4.78 is 5.47. The maximum Gasteiger partial charge on any atom is 0.239 e. The van der Waals surface area contributed by atoms with Crippen LogP contribution in [0.3, 0.4) is 0 Å². The zero-order valence-electron chi connectivity index (χ0n) is 12.6. The summed E-state index contributed by atoms with van der Waals surface area (Å²) in [6, 6.07) is 4.98. The van der Waals surface area contributed by atoms with Gasteiger partial charge >= 0.3 is 0 Å². The minimum Gasteiger partial charge on any atom is -0.376 e. The lowest BCUT2D eigenvalue weighted by molar-refractivity contribution is -0.132. The molecule has 0 bridgehead atoms. The van der Waals surface area contributed by atoms with E-state index in [1.165, 1.54) is 0 Å². The van der Waals surface area contributed by atoms with Crippen molar-refractivity contribution in [1.29, 1.82) is 0 Å². The molecule has 2 saturated heterocycles. The van der Waals surface area contributed by atoms with E-state index in [2.05, 4.69) is 5.32 Å². The molecule has 0 aliphatic carbocycles. The summed E-state index contributed by atoms with van der Waals surface area (Å²) in [6.45, 7) is 1.67. The van der Waals surface area contributed by atoms with Gasteiger partial charge in [0.1, 0.15) is 5.92 Å². The number of hydrogen-bond acceptors (Lipinski definition) is 3. The average molecular weight is 357 g/mol. The van der Waals surface area contributed by atoms with E-state index >= 15 is 0 Å². The first kappa shape index (κ1) is 16.6. The Kier molecular flexibility index (Phi) is 5.09. The number of carbonyl (C=O) groups excluding carboxylic acids is 2. The smallest absolute Gasteiger partial charge is 0.239 e. The van der Waals surface area contributed by atoms with E-state index < -0.39 is 5.92 Å². The number of halogens is 2. The van der Waals surface area contributed by atoms with E-state index in [-0.39, 0.29) is 17.9 Å². The molecule has 1 N–H and O–H groups in total. The Morgan fingerprint density at radius 1 is 1.35 bits per heavy atom. The monoisotopic (exact) mass is 356 g/mol. The van der Waals surface area contributed by atoms with Gasteiger partial charge in [-0.1, -0.05) is 23.2 Å². The van der Waals surface area contributed by atoms with E-state index in [0.717, 1.165) is 19.4 Å². The maximum atomic E-state index is 12.5. The second-order valence-electron chi connectivity index (χ2n) is 5.81. The fourth-order valence-electron chi connectivity index (χ4n) is 3.01. The Morgan fingerprint density at radius 2 is 2.17 bits per heavy atom. The molecule has 1 aromatic rings. The molecule has 2 aliphatic heterocycles. The van der Waals surface area contributed by atoms with E-state index in [1.807, 2.05) is 0 Å². The van der Waals surface area contributed by atoms with Gasteiger partial charge in [-0.25, -0.2) is 0 Å². The second kappa shape index (κ2) is 7.07. The third-order valence-electron chi connectivity index (χ3n) is 4.25. The first-order valence-electron chi connectivity index (χ1n) is 7.72. The third kappa shape index (κ3) is 3.62. The molecule has 0 spiro atoms. The van der Waals surface area contributed by atoms with Crippen molar-refractivity contribution in [1.82, 2.24) is 5.32 Å². The Balaban J connectivity index is 1.62. The Hall–Kier alpha value is -1.30. The zero-order valence-corrected chi connectivity index (χ0v) is 14.1. The maximum absolute atomic E-state index is 12.5. The minimum absolute atomic E-state index is 0.0669. The molecule has 2 amide bonds. The van der Waals surface area contributed by atoms with E-state index in [0.29, 0.717) is 35.2 Å². The van der Waals surface area contributed by atoms with Crippen molar-refractivity contribution >= 4 is 40.7 Å². The number of amides is 2. The Morgan fingerprint density at radius 3 is 2.87 bits per heavy atom. The van der Waals surface area contributed by atoms with Gasteiger partial charge in [0.05, 0.1) is 16.8 Å². The first-order chi connectivity index (χ1) is 11.1. The molecule has 0 unspecified atom stereocenters. The summed E-state index contributed by atoms with van der Waals surface area (Å²) in [5.74, 6) is -1.12. The van der Waals surface area contributed by atoms with Crippen LogP contribution in [-0.2, 0) is 14.3 Å². The molecule has 23 heavy (non-hydrogen) atoms. The highest BCUT2D eigenvalue weighted by Gasteiger charge is 2.38. The number of nitrogens with zero attached hydrogens (tertiary/aromatic N) is 1. The molecule has 1 aromatic carbocycles.